The first-order valence-corrected chi connectivity index (χ1v) is 8.56. The van der Waals surface area contributed by atoms with Crippen LogP contribution in [0.4, 0.5) is 8.78 Å². The fraction of sp³-hybridized carbons (Fsp3) is 0. The van der Waals surface area contributed by atoms with Crippen LogP contribution in [0.5, 0.6) is 0 Å². The fourth-order valence-corrected chi connectivity index (χ4v) is 3.81. The van der Waals surface area contributed by atoms with Gasteiger partial charge in [0.25, 0.3) is 0 Å². The van der Waals surface area contributed by atoms with E-state index in [1.165, 1.54) is 25.3 Å². The summed E-state index contributed by atoms with van der Waals surface area (Å²) < 4.78 is 26.8. The van der Waals surface area contributed by atoms with Crippen LogP contribution >= 0.6 is 0 Å². The van der Waals surface area contributed by atoms with Gasteiger partial charge >= 0.3 is 89.0 Å². The Morgan fingerprint density at radius 2 is 0.952 bits per heavy atom. The zero-order chi connectivity index (χ0) is 14.9. The second-order valence-corrected chi connectivity index (χ2v) is 7.16. The molecule has 0 saturated heterocycles. The van der Waals surface area contributed by atoms with Crippen molar-refractivity contribution in [1.82, 2.24) is 0 Å². The number of hydrogen-bond donors (Lipinski definition) is 0. The van der Waals surface area contributed by atoms with E-state index >= 15 is 0 Å². The number of benzene rings is 3. The maximum atomic E-state index is 11.9. The summed E-state index contributed by atoms with van der Waals surface area (Å²) in [6.07, 6.45) is 0. The molecule has 0 saturated carbocycles. The fourth-order valence-electron chi connectivity index (χ4n) is 1.54. The molecule has 108 valence electrons. The van der Waals surface area contributed by atoms with Crippen LogP contribution < -0.4 is 21.2 Å². The van der Waals surface area contributed by atoms with Gasteiger partial charge in [0.05, 0.1) is 0 Å². The average molecular weight is 395 g/mol. The monoisotopic (exact) mass is 395 g/mol. The van der Waals surface area contributed by atoms with Crippen LogP contribution in [0.2, 0.25) is 0 Å². The van der Waals surface area contributed by atoms with Crippen LogP contribution in [0.3, 0.4) is 0 Å². The molecule has 0 nitrogen and oxygen atoms in total. The SMILES string of the molecule is Fc1cccc(F)c1.c1ccc([I-]c2ccccc2)cc1. The first-order valence-electron chi connectivity index (χ1n) is 6.40. The van der Waals surface area contributed by atoms with Crippen molar-refractivity contribution in [3.05, 3.63) is 104 Å². The van der Waals surface area contributed by atoms with E-state index in [1.54, 1.807) is 0 Å². The van der Waals surface area contributed by atoms with E-state index in [4.69, 9.17) is 0 Å². The first kappa shape index (κ1) is 15.6. The summed E-state index contributed by atoms with van der Waals surface area (Å²) in [4.78, 5) is 0. The molecule has 0 aromatic heterocycles. The maximum absolute atomic E-state index is 11.9. The Balaban J connectivity index is 0.000000173. The molecule has 0 fully saturated rings. The minimum absolute atomic E-state index is 0.0287. The summed E-state index contributed by atoms with van der Waals surface area (Å²) in [5.41, 5.74) is 0. The van der Waals surface area contributed by atoms with Crippen molar-refractivity contribution < 1.29 is 30.0 Å². The van der Waals surface area contributed by atoms with E-state index in [9.17, 15) is 8.78 Å². The van der Waals surface area contributed by atoms with E-state index in [2.05, 4.69) is 60.7 Å². The molecule has 0 amide bonds. The summed E-state index contributed by atoms with van der Waals surface area (Å²) >= 11 is 0.0287. The predicted octanol–water partition coefficient (Wildman–Crippen LogP) is 1.78. The molecule has 0 spiro atoms. The summed E-state index contributed by atoms with van der Waals surface area (Å²) in [6, 6.07) is 26.0. The molecule has 21 heavy (non-hydrogen) atoms. The zero-order valence-corrected chi connectivity index (χ0v) is 13.4. The van der Waals surface area contributed by atoms with Gasteiger partial charge in [0, 0.05) is 6.07 Å². The summed E-state index contributed by atoms with van der Waals surface area (Å²) in [6.45, 7) is 0. The van der Waals surface area contributed by atoms with E-state index in [0.29, 0.717) is 0 Å². The van der Waals surface area contributed by atoms with Crippen LogP contribution in [-0.2, 0) is 0 Å². The summed E-state index contributed by atoms with van der Waals surface area (Å²) in [5.74, 6) is -1.07. The van der Waals surface area contributed by atoms with Crippen molar-refractivity contribution in [3.63, 3.8) is 0 Å². The Bertz CT molecular complexity index is 600. The van der Waals surface area contributed by atoms with Gasteiger partial charge in [-0.2, -0.15) is 0 Å². The van der Waals surface area contributed by atoms with Gasteiger partial charge in [0.15, 0.2) is 0 Å². The molecule has 3 heteroatoms. The summed E-state index contributed by atoms with van der Waals surface area (Å²) in [5, 5.41) is 0. The molecule has 3 rings (SSSR count). The van der Waals surface area contributed by atoms with Gasteiger partial charge in [-0.3, -0.25) is 0 Å². The van der Waals surface area contributed by atoms with E-state index in [0.717, 1.165) is 6.07 Å². The Labute approximate surface area is 133 Å². The predicted molar refractivity (Wildman–Crippen MR) is 76.6 cm³/mol. The third-order valence-electron chi connectivity index (χ3n) is 2.47. The zero-order valence-electron chi connectivity index (χ0n) is 11.2. The van der Waals surface area contributed by atoms with Crippen molar-refractivity contribution in [3.8, 4) is 0 Å². The van der Waals surface area contributed by atoms with Crippen molar-refractivity contribution in [1.29, 1.82) is 0 Å². The van der Waals surface area contributed by atoms with Crippen LogP contribution in [0.15, 0.2) is 84.9 Å². The van der Waals surface area contributed by atoms with Gasteiger partial charge in [-0.1, -0.05) is 6.07 Å². The molecule has 0 heterocycles. The number of rotatable bonds is 2. The molecule has 3 aromatic carbocycles. The van der Waals surface area contributed by atoms with Gasteiger partial charge in [0.2, 0.25) is 0 Å². The topological polar surface area (TPSA) is 0 Å². The molecule has 0 aliphatic carbocycles. The normalized spacial score (nSPS) is 9.81. The third kappa shape index (κ3) is 6.04. The van der Waals surface area contributed by atoms with Crippen molar-refractivity contribution in [2.75, 3.05) is 0 Å². The molecule has 0 radical (unpaired) electrons. The van der Waals surface area contributed by atoms with Crippen molar-refractivity contribution >= 4 is 0 Å². The molecule has 0 aliphatic rings. The first-order chi connectivity index (χ1) is 10.2. The quantitative estimate of drug-likeness (QED) is 0.581. The average Bonchev–Trinajstić information content (AvgIpc) is 2.50. The minimum atomic E-state index is -0.537. The molecule has 0 atom stereocenters. The molecule has 0 unspecified atom stereocenters. The van der Waals surface area contributed by atoms with Crippen LogP contribution in [0.1, 0.15) is 0 Å². The second kappa shape index (κ2) is 8.52. The standard InChI is InChI=1S/C12H10I.C6H4F2/c1-3-7-11(8-4-1)13-12-9-5-2-6-10-12;7-5-2-1-3-6(8)4-5/h1-10H;1-4H/q-1;. The van der Waals surface area contributed by atoms with E-state index < -0.39 is 11.6 Å². The molecular formula is C18H14F2I-. The van der Waals surface area contributed by atoms with Crippen LogP contribution in [0.25, 0.3) is 0 Å². The Hall–Kier alpha value is -1.75. The third-order valence-corrected chi connectivity index (χ3v) is 5.16. The van der Waals surface area contributed by atoms with Gasteiger partial charge in [-0.15, -0.1) is 0 Å². The van der Waals surface area contributed by atoms with Gasteiger partial charge in [-0.25, -0.2) is 8.78 Å². The molecular weight excluding hydrogens is 381 g/mol. The Morgan fingerprint density at radius 3 is 1.29 bits per heavy atom. The van der Waals surface area contributed by atoms with Gasteiger partial charge in [-0.05, 0) is 12.1 Å². The van der Waals surface area contributed by atoms with E-state index in [-0.39, 0.29) is 21.2 Å². The second-order valence-electron chi connectivity index (χ2n) is 4.13. The Kier molecular flexibility index (Phi) is 6.34. The van der Waals surface area contributed by atoms with Gasteiger partial charge in [0.1, 0.15) is 11.6 Å². The van der Waals surface area contributed by atoms with Crippen molar-refractivity contribution in [2.24, 2.45) is 0 Å². The van der Waals surface area contributed by atoms with E-state index in [1.807, 2.05) is 0 Å². The Morgan fingerprint density at radius 1 is 0.524 bits per heavy atom. The van der Waals surface area contributed by atoms with Crippen LogP contribution in [0, 0.1) is 18.8 Å². The molecule has 0 aliphatic heterocycles. The number of halogens is 3. The summed E-state index contributed by atoms with van der Waals surface area (Å²) in [7, 11) is 0. The van der Waals surface area contributed by atoms with Crippen molar-refractivity contribution in [2.45, 2.75) is 0 Å². The molecule has 3 aromatic rings. The molecule has 0 bridgehead atoms. The van der Waals surface area contributed by atoms with Crippen LogP contribution in [-0.4, -0.2) is 0 Å². The van der Waals surface area contributed by atoms with Gasteiger partial charge < -0.3 is 0 Å². The molecule has 0 N–H and O–H groups in total. The number of hydrogen-bond acceptors (Lipinski definition) is 0.